The third kappa shape index (κ3) is 8.16. The highest BCUT2D eigenvalue weighted by atomic mass is 19.4. The molecule has 2 aromatic rings. The summed E-state index contributed by atoms with van der Waals surface area (Å²) < 4.78 is 88.0. The maximum Gasteiger partial charge on any atom is 0.417 e. The monoisotopic (exact) mass is 481 g/mol. The Balaban J connectivity index is 0.000000346. The minimum absolute atomic E-state index is 0.205. The van der Waals surface area contributed by atoms with Gasteiger partial charge >= 0.3 is 12.4 Å². The molecule has 0 amide bonds. The molecule has 182 valence electrons. The van der Waals surface area contributed by atoms with Crippen LogP contribution in [0.25, 0.3) is 0 Å². The van der Waals surface area contributed by atoms with Gasteiger partial charge in [-0.1, -0.05) is 0 Å². The fourth-order valence-electron chi connectivity index (χ4n) is 2.65. The van der Waals surface area contributed by atoms with Gasteiger partial charge in [-0.05, 0) is 64.1 Å². The van der Waals surface area contributed by atoms with Crippen molar-refractivity contribution in [2.45, 2.75) is 45.6 Å². The number of nitrogens with one attached hydrogen (secondary N) is 1. The number of carbonyl (C=O) groups excluding carboxylic acids is 2. The zero-order chi connectivity index (χ0) is 25.8. The number of aliphatic hydroxyl groups excluding tert-OH is 1. The Kier molecular flexibility index (Phi) is 8.79. The standard InChI is InChI=1S/C13H16F3NO2.C9H6F4O/c1-8(19)10-5-4-9(17-12(2,3)7-18)6-11(10)13(14,15)16;1-5(14)7-3-2-6(10)4-8(7)9(11,12)13/h4-6,17-18H,7H2,1-3H3;2-4H,1H3. The largest absolute Gasteiger partial charge is 0.417 e. The van der Waals surface area contributed by atoms with Crippen LogP contribution in [0, 0.1) is 5.82 Å². The van der Waals surface area contributed by atoms with Crippen molar-refractivity contribution in [3.05, 3.63) is 64.5 Å². The molecule has 0 aliphatic heterocycles. The molecule has 0 aliphatic carbocycles. The highest BCUT2D eigenvalue weighted by molar-refractivity contribution is 5.96. The zero-order valence-electron chi connectivity index (χ0n) is 18.1. The van der Waals surface area contributed by atoms with E-state index in [-0.39, 0.29) is 17.9 Å². The predicted molar refractivity (Wildman–Crippen MR) is 108 cm³/mol. The molecule has 2 rings (SSSR count). The van der Waals surface area contributed by atoms with Crippen LogP contribution in [0.4, 0.5) is 36.4 Å². The molecule has 0 bridgehead atoms. The Bertz CT molecular complexity index is 1010. The van der Waals surface area contributed by atoms with E-state index < -0.39 is 52.0 Å². The summed E-state index contributed by atoms with van der Waals surface area (Å²) in [5, 5.41) is 11.9. The van der Waals surface area contributed by atoms with Crippen LogP contribution < -0.4 is 5.32 Å². The van der Waals surface area contributed by atoms with E-state index in [2.05, 4.69) is 5.32 Å². The molecule has 2 N–H and O–H groups in total. The summed E-state index contributed by atoms with van der Waals surface area (Å²) in [7, 11) is 0. The van der Waals surface area contributed by atoms with Crippen molar-refractivity contribution in [2.24, 2.45) is 0 Å². The van der Waals surface area contributed by atoms with Gasteiger partial charge in [0.15, 0.2) is 11.6 Å². The van der Waals surface area contributed by atoms with E-state index in [4.69, 9.17) is 5.11 Å². The Morgan fingerprint density at radius 2 is 1.24 bits per heavy atom. The molecule has 0 fully saturated rings. The first kappa shape index (κ1) is 28.1. The lowest BCUT2D eigenvalue weighted by molar-refractivity contribution is -0.138. The summed E-state index contributed by atoms with van der Waals surface area (Å²) in [6.45, 7) is 5.17. The van der Waals surface area contributed by atoms with E-state index in [1.165, 1.54) is 6.07 Å². The summed E-state index contributed by atoms with van der Waals surface area (Å²) in [5.41, 5.74) is -3.63. The second kappa shape index (κ2) is 10.3. The van der Waals surface area contributed by atoms with E-state index in [0.29, 0.717) is 6.07 Å². The van der Waals surface area contributed by atoms with Gasteiger partial charge in [0.2, 0.25) is 0 Å². The third-order valence-electron chi connectivity index (χ3n) is 4.25. The molecule has 0 aliphatic rings. The number of anilines is 1. The molecule has 0 unspecified atom stereocenters. The van der Waals surface area contributed by atoms with Gasteiger partial charge in [-0.25, -0.2) is 4.39 Å². The van der Waals surface area contributed by atoms with Gasteiger partial charge in [0.25, 0.3) is 0 Å². The van der Waals surface area contributed by atoms with Crippen LogP contribution in [0.3, 0.4) is 0 Å². The van der Waals surface area contributed by atoms with Crippen LogP contribution in [0.1, 0.15) is 59.5 Å². The number of hydrogen-bond donors (Lipinski definition) is 2. The summed E-state index contributed by atoms with van der Waals surface area (Å²) in [5.74, 6) is -2.39. The van der Waals surface area contributed by atoms with Crippen LogP contribution in [0.2, 0.25) is 0 Å². The summed E-state index contributed by atoms with van der Waals surface area (Å²) in [4.78, 5) is 22.0. The van der Waals surface area contributed by atoms with Crippen LogP contribution in [-0.4, -0.2) is 28.8 Å². The fraction of sp³-hybridized carbons (Fsp3) is 0.364. The van der Waals surface area contributed by atoms with E-state index in [1.807, 2.05) is 0 Å². The fourth-order valence-corrected chi connectivity index (χ4v) is 2.65. The van der Waals surface area contributed by atoms with Gasteiger partial charge in [-0.15, -0.1) is 0 Å². The molecular formula is C22H22F7NO3. The number of hydrogen-bond acceptors (Lipinski definition) is 4. The smallest absolute Gasteiger partial charge is 0.394 e. The number of benzene rings is 2. The minimum Gasteiger partial charge on any atom is -0.394 e. The van der Waals surface area contributed by atoms with Gasteiger partial charge in [0.1, 0.15) is 5.82 Å². The first-order valence-corrected chi connectivity index (χ1v) is 9.38. The molecule has 0 saturated carbocycles. The molecular weight excluding hydrogens is 459 g/mol. The van der Waals surface area contributed by atoms with Crippen molar-refractivity contribution >= 4 is 17.3 Å². The Hall–Kier alpha value is -2.95. The first-order valence-electron chi connectivity index (χ1n) is 9.38. The molecule has 0 saturated heterocycles. The van der Waals surface area contributed by atoms with E-state index >= 15 is 0 Å². The molecule has 4 nitrogen and oxygen atoms in total. The van der Waals surface area contributed by atoms with E-state index in [1.54, 1.807) is 13.8 Å². The topological polar surface area (TPSA) is 66.4 Å². The average molecular weight is 481 g/mol. The lowest BCUT2D eigenvalue weighted by Gasteiger charge is -2.25. The highest BCUT2D eigenvalue weighted by Gasteiger charge is 2.35. The van der Waals surface area contributed by atoms with Crippen molar-refractivity contribution in [1.29, 1.82) is 0 Å². The second-order valence-corrected chi connectivity index (χ2v) is 7.73. The molecule has 0 radical (unpaired) electrons. The van der Waals surface area contributed by atoms with Crippen molar-refractivity contribution in [3.8, 4) is 0 Å². The van der Waals surface area contributed by atoms with Crippen molar-refractivity contribution in [1.82, 2.24) is 0 Å². The summed E-state index contributed by atoms with van der Waals surface area (Å²) in [6.07, 6.45) is -9.30. The van der Waals surface area contributed by atoms with Crippen LogP contribution in [-0.2, 0) is 12.4 Å². The van der Waals surface area contributed by atoms with Crippen molar-refractivity contribution < 1.29 is 45.4 Å². The molecule has 0 heterocycles. The number of halogens is 7. The number of aliphatic hydroxyl groups is 1. The van der Waals surface area contributed by atoms with Crippen LogP contribution >= 0.6 is 0 Å². The third-order valence-corrected chi connectivity index (χ3v) is 4.25. The second-order valence-electron chi connectivity index (χ2n) is 7.73. The summed E-state index contributed by atoms with van der Waals surface area (Å²) in [6, 6.07) is 5.39. The van der Waals surface area contributed by atoms with Gasteiger partial charge in [0, 0.05) is 16.8 Å². The number of carbonyl (C=O) groups is 2. The highest BCUT2D eigenvalue weighted by Crippen LogP contribution is 2.35. The Morgan fingerprint density at radius 1 is 0.818 bits per heavy atom. The van der Waals surface area contributed by atoms with Gasteiger partial charge < -0.3 is 10.4 Å². The van der Waals surface area contributed by atoms with Crippen LogP contribution in [0.15, 0.2) is 36.4 Å². The summed E-state index contributed by atoms with van der Waals surface area (Å²) >= 11 is 0. The SMILES string of the molecule is CC(=O)c1ccc(F)cc1C(F)(F)F.CC(=O)c1ccc(NC(C)(C)CO)cc1C(F)(F)F. The number of rotatable bonds is 5. The molecule has 0 aromatic heterocycles. The molecule has 11 heteroatoms. The lowest BCUT2D eigenvalue weighted by atomic mass is 10.0. The zero-order valence-corrected chi connectivity index (χ0v) is 18.1. The molecule has 2 aromatic carbocycles. The van der Waals surface area contributed by atoms with Crippen molar-refractivity contribution in [2.75, 3.05) is 11.9 Å². The number of ketones is 2. The number of Topliss-reactive ketones (excluding diaryl/α,β-unsaturated/α-hetero) is 2. The van der Waals surface area contributed by atoms with E-state index in [0.717, 1.165) is 38.1 Å². The van der Waals surface area contributed by atoms with Gasteiger partial charge in [-0.3, -0.25) is 9.59 Å². The first-order chi connectivity index (χ1) is 14.9. The minimum atomic E-state index is -4.71. The van der Waals surface area contributed by atoms with E-state index in [9.17, 15) is 40.3 Å². The Labute approximate surface area is 185 Å². The number of alkyl halides is 6. The maximum atomic E-state index is 12.9. The van der Waals surface area contributed by atoms with Gasteiger partial charge in [-0.2, -0.15) is 26.3 Å². The quantitative estimate of drug-likeness (QED) is 0.398. The lowest BCUT2D eigenvalue weighted by Crippen LogP contribution is -2.35. The Morgan fingerprint density at radius 3 is 1.64 bits per heavy atom. The van der Waals surface area contributed by atoms with Crippen molar-refractivity contribution in [3.63, 3.8) is 0 Å². The maximum absolute atomic E-state index is 12.9. The molecule has 33 heavy (non-hydrogen) atoms. The molecule has 0 spiro atoms. The normalized spacial score (nSPS) is 12.0. The van der Waals surface area contributed by atoms with Crippen LogP contribution in [0.5, 0.6) is 0 Å². The molecule has 0 atom stereocenters. The predicted octanol–water partition coefficient (Wildman–Crippen LogP) is 6.14. The average Bonchev–Trinajstić information content (AvgIpc) is 2.66. The van der Waals surface area contributed by atoms with Gasteiger partial charge in [0.05, 0.1) is 23.3 Å².